The number of anilines is 2. The minimum Gasteiger partial charge on any atom is -0.322 e. The fourth-order valence-electron chi connectivity index (χ4n) is 1.71. The summed E-state index contributed by atoms with van der Waals surface area (Å²) in [5.41, 5.74) is 1.22. The summed E-state index contributed by atoms with van der Waals surface area (Å²) in [6.45, 7) is 5.14. The van der Waals surface area contributed by atoms with Crippen LogP contribution in [0.5, 0.6) is 0 Å². The molecule has 114 valence electrons. The van der Waals surface area contributed by atoms with Gasteiger partial charge in [0.1, 0.15) is 0 Å². The minimum atomic E-state index is -3.66. The van der Waals surface area contributed by atoms with Crippen molar-refractivity contribution in [2.75, 3.05) is 10.0 Å². The van der Waals surface area contributed by atoms with E-state index in [4.69, 9.17) is 0 Å². The molecule has 0 saturated carbocycles. The number of rotatable bonds is 5. The molecule has 2 N–H and O–H groups in total. The van der Waals surface area contributed by atoms with E-state index in [1.807, 2.05) is 0 Å². The van der Waals surface area contributed by atoms with E-state index in [2.05, 4.69) is 16.6 Å². The summed E-state index contributed by atoms with van der Waals surface area (Å²) in [6, 6.07) is 14.5. The lowest BCUT2D eigenvalue weighted by molar-refractivity contribution is -0.112. The molecule has 0 atom stereocenters. The molecule has 6 heteroatoms. The maximum Gasteiger partial charge on any atom is 0.261 e. The van der Waals surface area contributed by atoms with Gasteiger partial charge in [0.2, 0.25) is 0 Å². The van der Waals surface area contributed by atoms with E-state index in [1.54, 1.807) is 49.4 Å². The maximum absolute atomic E-state index is 12.2. The largest absolute Gasteiger partial charge is 0.322 e. The molecule has 2 aromatic rings. The van der Waals surface area contributed by atoms with Crippen LogP contribution in [0.15, 0.2) is 71.6 Å². The van der Waals surface area contributed by atoms with Crippen LogP contribution in [0.25, 0.3) is 0 Å². The van der Waals surface area contributed by atoms with Crippen molar-refractivity contribution >= 4 is 27.3 Å². The fourth-order valence-corrected chi connectivity index (χ4v) is 2.78. The Balaban J connectivity index is 2.20. The second-order valence-electron chi connectivity index (χ2n) is 4.73. The lowest BCUT2D eigenvalue weighted by Gasteiger charge is -2.10. The second kappa shape index (κ2) is 6.44. The van der Waals surface area contributed by atoms with Crippen molar-refractivity contribution in [3.8, 4) is 0 Å². The van der Waals surface area contributed by atoms with Crippen LogP contribution >= 0.6 is 0 Å². The van der Waals surface area contributed by atoms with E-state index in [1.165, 1.54) is 12.1 Å². The molecule has 0 aliphatic rings. The Bertz CT molecular complexity index is 799. The average Bonchev–Trinajstić information content (AvgIpc) is 2.48. The number of amides is 1. The Morgan fingerprint density at radius 3 is 2.27 bits per heavy atom. The highest BCUT2D eigenvalue weighted by Crippen LogP contribution is 2.19. The Hall–Kier alpha value is -2.60. The van der Waals surface area contributed by atoms with Gasteiger partial charge in [0.05, 0.1) is 10.6 Å². The first-order valence-electron chi connectivity index (χ1n) is 6.53. The molecule has 0 aromatic heterocycles. The number of hydrogen-bond donors (Lipinski definition) is 2. The highest BCUT2D eigenvalue weighted by Gasteiger charge is 2.13. The third kappa shape index (κ3) is 3.95. The van der Waals surface area contributed by atoms with Crippen LogP contribution in [0.4, 0.5) is 11.4 Å². The van der Waals surface area contributed by atoms with Crippen molar-refractivity contribution in [1.29, 1.82) is 0 Å². The van der Waals surface area contributed by atoms with Crippen LogP contribution in [0.3, 0.4) is 0 Å². The molecule has 0 spiro atoms. The fraction of sp³-hybridized carbons (Fsp3) is 0.0625. The van der Waals surface area contributed by atoms with E-state index in [9.17, 15) is 13.2 Å². The number of hydrogen-bond acceptors (Lipinski definition) is 3. The monoisotopic (exact) mass is 316 g/mol. The van der Waals surface area contributed by atoms with Crippen LogP contribution in [0, 0.1) is 0 Å². The zero-order valence-corrected chi connectivity index (χ0v) is 12.9. The van der Waals surface area contributed by atoms with Gasteiger partial charge in [-0.25, -0.2) is 8.42 Å². The van der Waals surface area contributed by atoms with Crippen molar-refractivity contribution in [1.82, 2.24) is 0 Å². The molecule has 2 rings (SSSR count). The predicted molar refractivity (Wildman–Crippen MR) is 87.1 cm³/mol. The molecular weight excluding hydrogens is 300 g/mol. The van der Waals surface area contributed by atoms with Gasteiger partial charge < -0.3 is 5.32 Å². The zero-order chi connectivity index (χ0) is 16.2. The van der Waals surface area contributed by atoms with Gasteiger partial charge in [-0.15, -0.1) is 0 Å². The molecule has 0 aliphatic carbocycles. The van der Waals surface area contributed by atoms with Crippen molar-refractivity contribution in [3.63, 3.8) is 0 Å². The first kappa shape index (κ1) is 15.8. The third-order valence-corrected chi connectivity index (χ3v) is 4.21. The van der Waals surface area contributed by atoms with Gasteiger partial charge in [-0.3, -0.25) is 9.52 Å². The van der Waals surface area contributed by atoms with Crippen molar-refractivity contribution in [2.45, 2.75) is 11.8 Å². The Morgan fingerprint density at radius 2 is 1.64 bits per heavy atom. The molecule has 0 aliphatic heterocycles. The summed E-state index contributed by atoms with van der Waals surface area (Å²) in [6.07, 6.45) is 0. The van der Waals surface area contributed by atoms with E-state index in [-0.39, 0.29) is 10.8 Å². The van der Waals surface area contributed by atoms with Crippen molar-refractivity contribution < 1.29 is 13.2 Å². The van der Waals surface area contributed by atoms with Gasteiger partial charge in [-0.1, -0.05) is 30.8 Å². The SMILES string of the molecule is C=C(C)C(=O)Nc1cccc(NS(=O)(=O)c2ccccc2)c1. The molecule has 22 heavy (non-hydrogen) atoms. The molecule has 0 fully saturated rings. The lowest BCUT2D eigenvalue weighted by Crippen LogP contribution is -2.14. The standard InChI is InChI=1S/C16H16N2O3S/c1-12(2)16(19)17-13-7-6-8-14(11-13)18-22(20,21)15-9-4-3-5-10-15/h3-11,18H,1H2,2H3,(H,17,19). The van der Waals surface area contributed by atoms with Gasteiger partial charge >= 0.3 is 0 Å². The summed E-state index contributed by atoms with van der Waals surface area (Å²) >= 11 is 0. The molecule has 1 amide bonds. The van der Waals surface area contributed by atoms with E-state index in [0.717, 1.165) is 0 Å². The molecule has 0 saturated heterocycles. The Morgan fingerprint density at radius 1 is 1.00 bits per heavy atom. The van der Waals surface area contributed by atoms with Crippen LogP contribution in [-0.2, 0) is 14.8 Å². The summed E-state index contributed by atoms with van der Waals surface area (Å²) in [7, 11) is -3.66. The molecule has 0 unspecified atom stereocenters. The lowest BCUT2D eigenvalue weighted by atomic mass is 10.2. The number of benzene rings is 2. The average molecular weight is 316 g/mol. The third-order valence-electron chi connectivity index (χ3n) is 2.81. The summed E-state index contributed by atoms with van der Waals surface area (Å²) in [5, 5.41) is 2.63. The molecule has 5 nitrogen and oxygen atoms in total. The number of nitrogens with one attached hydrogen (secondary N) is 2. The first-order valence-corrected chi connectivity index (χ1v) is 8.01. The topological polar surface area (TPSA) is 75.3 Å². The molecule has 0 heterocycles. The number of carbonyl (C=O) groups excluding carboxylic acids is 1. The smallest absolute Gasteiger partial charge is 0.261 e. The van der Waals surface area contributed by atoms with Gasteiger partial charge in [-0.05, 0) is 37.3 Å². The first-order chi connectivity index (χ1) is 10.4. The van der Waals surface area contributed by atoms with Crippen LogP contribution in [-0.4, -0.2) is 14.3 Å². The van der Waals surface area contributed by atoms with Crippen molar-refractivity contribution in [2.24, 2.45) is 0 Å². The maximum atomic E-state index is 12.2. The summed E-state index contributed by atoms with van der Waals surface area (Å²) in [5.74, 6) is -0.317. The quantitative estimate of drug-likeness (QED) is 0.833. The van der Waals surface area contributed by atoms with Crippen LogP contribution in [0.2, 0.25) is 0 Å². The zero-order valence-electron chi connectivity index (χ0n) is 12.0. The number of sulfonamides is 1. The molecular formula is C16H16N2O3S. The Labute approximate surface area is 129 Å². The highest BCUT2D eigenvalue weighted by molar-refractivity contribution is 7.92. The van der Waals surface area contributed by atoms with E-state index >= 15 is 0 Å². The van der Waals surface area contributed by atoms with Gasteiger partial charge in [0.25, 0.3) is 15.9 Å². The highest BCUT2D eigenvalue weighted by atomic mass is 32.2. The van der Waals surface area contributed by atoms with E-state index < -0.39 is 10.0 Å². The van der Waals surface area contributed by atoms with Gasteiger partial charge in [0, 0.05) is 11.3 Å². The van der Waals surface area contributed by atoms with Crippen LogP contribution in [0.1, 0.15) is 6.92 Å². The molecule has 2 aromatic carbocycles. The minimum absolute atomic E-state index is 0.173. The molecule has 0 bridgehead atoms. The predicted octanol–water partition coefficient (Wildman–Crippen LogP) is 3.00. The summed E-state index contributed by atoms with van der Waals surface area (Å²) in [4.78, 5) is 11.8. The van der Waals surface area contributed by atoms with E-state index in [0.29, 0.717) is 16.9 Å². The Kier molecular flexibility index (Phi) is 4.62. The van der Waals surface area contributed by atoms with Crippen LogP contribution < -0.4 is 10.0 Å². The van der Waals surface area contributed by atoms with Gasteiger partial charge in [-0.2, -0.15) is 0 Å². The van der Waals surface area contributed by atoms with Crippen molar-refractivity contribution in [3.05, 3.63) is 66.7 Å². The summed E-state index contributed by atoms with van der Waals surface area (Å²) < 4.78 is 26.9. The van der Waals surface area contributed by atoms with Gasteiger partial charge in [0.15, 0.2) is 0 Å². The second-order valence-corrected chi connectivity index (χ2v) is 6.42. The normalized spacial score (nSPS) is 10.8. The molecule has 0 radical (unpaired) electrons. The number of carbonyl (C=O) groups is 1.